The van der Waals surface area contributed by atoms with Crippen molar-refractivity contribution in [3.05, 3.63) is 47.5 Å². The molecule has 0 aromatic heterocycles. The molecule has 4 nitrogen and oxygen atoms in total. The van der Waals surface area contributed by atoms with E-state index in [1.165, 1.54) is 22.5 Å². The minimum Gasteiger partial charge on any atom is -0.459 e. The van der Waals surface area contributed by atoms with Crippen LogP contribution in [0, 0.1) is 6.92 Å². The number of hydrogen-bond donors (Lipinski definition) is 0. The first kappa shape index (κ1) is 17.9. The Hall–Kier alpha value is -2.49. The van der Waals surface area contributed by atoms with E-state index in [1.807, 2.05) is 6.21 Å². The van der Waals surface area contributed by atoms with Crippen molar-refractivity contribution < 1.29 is 4.74 Å². The van der Waals surface area contributed by atoms with Gasteiger partial charge in [-0.25, -0.2) is 0 Å². The molecule has 0 N–H and O–H groups in total. The Kier molecular flexibility index (Phi) is 3.99. The molecular formula is C23H29N3O. The highest BCUT2D eigenvalue weighted by molar-refractivity contribution is 5.88. The van der Waals surface area contributed by atoms with E-state index in [0.29, 0.717) is 0 Å². The molecule has 2 aromatic rings. The van der Waals surface area contributed by atoms with Gasteiger partial charge in [-0.05, 0) is 58.4 Å². The molecule has 27 heavy (non-hydrogen) atoms. The van der Waals surface area contributed by atoms with Crippen LogP contribution in [0.25, 0.3) is 0 Å². The summed E-state index contributed by atoms with van der Waals surface area (Å²) in [7, 11) is 2.11. The molecule has 0 fully saturated rings. The maximum atomic E-state index is 6.76. The molecule has 2 heterocycles. The molecule has 0 radical (unpaired) electrons. The van der Waals surface area contributed by atoms with Crippen LogP contribution < -0.4 is 14.5 Å². The highest BCUT2D eigenvalue weighted by atomic mass is 16.5. The van der Waals surface area contributed by atoms with Crippen LogP contribution >= 0.6 is 0 Å². The summed E-state index contributed by atoms with van der Waals surface area (Å²) in [5.41, 5.74) is 5.00. The van der Waals surface area contributed by atoms with E-state index in [0.717, 1.165) is 24.5 Å². The van der Waals surface area contributed by atoms with Gasteiger partial charge in [-0.3, -0.25) is 4.99 Å². The van der Waals surface area contributed by atoms with Crippen LogP contribution in [0.1, 0.15) is 38.8 Å². The van der Waals surface area contributed by atoms with E-state index in [-0.39, 0.29) is 5.41 Å². The number of aliphatic imine (C=N–C) groups is 1. The normalized spacial score (nSPS) is 21.8. The highest BCUT2D eigenvalue weighted by Gasteiger charge is 2.58. The van der Waals surface area contributed by atoms with Crippen molar-refractivity contribution in [1.29, 1.82) is 0 Å². The molecule has 2 aromatic carbocycles. The smallest absolute Gasteiger partial charge is 0.228 e. The molecule has 0 saturated heterocycles. The molecular weight excluding hydrogens is 334 g/mol. The minimum absolute atomic E-state index is 0.227. The summed E-state index contributed by atoms with van der Waals surface area (Å²) in [6.45, 7) is 12.9. The Balaban J connectivity index is 1.81. The number of likely N-dealkylation sites (N-methyl/N-ethyl adjacent to an activating group) is 1. The Morgan fingerprint density at radius 1 is 1.07 bits per heavy atom. The molecule has 0 bridgehead atoms. The molecule has 0 aliphatic carbocycles. The van der Waals surface area contributed by atoms with Gasteiger partial charge in [-0.15, -0.1) is 0 Å². The number of rotatable bonds is 3. The van der Waals surface area contributed by atoms with E-state index in [9.17, 15) is 0 Å². The third-order valence-electron chi connectivity index (χ3n) is 6.30. The SMILES string of the molecule is CCN(CC)c1ccc2c(c1)OC1(C=N2)N(C)c2ccc(C)cc2C1(C)C. The van der Waals surface area contributed by atoms with Crippen LogP contribution in [-0.4, -0.2) is 32.1 Å². The van der Waals surface area contributed by atoms with Crippen LogP contribution in [0.5, 0.6) is 5.75 Å². The first-order chi connectivity index (χ1) is 12.8. The molecule has 4 rings (SSSR count). The largest absolute Gasteiger partial charge is 0.459 e. The standard InChI is InChI=1S/C23H29N3O/c1-7-26(8-2)17-10-11-19-21(14-17)27-23(15-24-19)22(4,5)18-13-16(3)9-12-20(18)25(23)6/h9-15H,7-8H2,1-6H3. The predicted molar refractivity (Wildman–Crippen MR) is 114 cm³/mol. The monoisotopic (exact) mass is 363 g/mol. The quantitative estimate of drug-likeness (QED) is 0.763. The van der Waals surface area contributed by atoms with Crippen molar-refractivity contribution in [3.8, 4) is 5.75 Å². The van der Waals surface area contributed by atoms with E-state index < -0.39 is 5.72 Å². The average Bonchev–Trinajstić information content (AvgIpc) is 2.81. The van der Waals surface area contributed by atoms with Crippen LogP contribution in [0.15, 0.2) is 41.4 Å². The number of nitrogens with zero attached hydrogens (tertiary/aromatic N) is 3. The van der Waals surface area contributed by atoms with E-state index in [2.05, 4.69) is 87.9 Å². The van der Waals surface area contributed by atoms with Crippen molar-refractivity contribution in [2.45, 2.75) is 45.8 Å². The Bertz CT molecular complexity index is 914. The third-order valence-corrected chi connectivity index (χ3v) is 6.30. The van der Waals surface area contributed by atoms with Gasteiger partial charge >= 0.3 is 0 Å². The molecule has 2 aliphatic heterocycles. The fraction of sp³-hybridized carbons (Fsp3) is 0.435. The van der Waals surface area contributed by atoms with Crippen LogP contribution in [0.2, 0.25) is 0 Å². The summed E-state index contributed by atoms with van der Waals surface area (Å²) in [5, 5.41) is 0. The maximum absolute atomic E-state index is 6.76. The number of benzene rings is 2. The molecule has 1 spiro atoms. The van der Waals surface area contributed by atoms with Crippen molar-refractivity contribution >= 4 is 23.3 Å². The van der Waals surface area contributed by atoms with Crippen LogP contribution in [0.3, 0.4) is 0 Å². The molecule has 2 aliphatic rings. The summed E-state index contributed by atoms with van der Waals surface area (Å²) >= 11 is 0. The molecule has 142 valence electrons. The second-order valence-electron chi connectivity index (χ2n) is 8.09. The summed E-state index contributed by atoms with van der Waals surface area (Å²) in [6, 6.07) is 13.0. The zero-order valence-corrected chi connectivity index (χ0v) is 17.2. The van der Waals surface area contributed by atoms with Crippen molar-refractivity contribution in [2.24, 2.45) is 4.99 Å². The molecule has 4 heteroatoms. The van der Waals surface area contributed by atoms with Gasteiger partial charge in [0.05, 0.1) is 11.6 Å². The summed E-state index contributed by atoms with van der Waals surface area (Å²) in [6.07, 6.45) is 1.99. The van der Waals surface area contributed by atoms with Gasteiger partial charge in [-0.1, -0.05) is 17.7 Å². The second-order valence-corrected chi connectivity index (χ2v) is 8.09. The molecule has 1 unspecified atom stereocenters. The Morgan fingerprint density at radius 3 is 2.52 bits per heavy atom. The van der Waals surface area contributed by atoms with Crippen molar-refractivity contribution in [3.63, 3.8) is 0 Å². The lowest BCUT2D eigenvalue weighted by Gasteiger charge is -2.45. The number of ether oxygens (including phenoxy) is 1. The van der Waals surface area contributed by atoms with E-state index >= 15 is 0 Å². The Morgan fingerprint density at radius 2 is 1.81 bits per heavy atom. The lowest BCUT2D eigenvalue weighted by Crippen LogP contribution is -2.61. The zero-order valence-electron chi connectivity index (χ0n) is 17.2. The van der Waals surface area contributed by atoms with Gasteiger partial charge in [0.25, 0.3) is 0 Å². The van der Waals surface area contributed by atoms with Crippen molar-refractivity contribution in [2.75, 3.05) is 29.9 Å². The number of fused-ring (bicyclic) bond motifs is 2. The fourth-order valence-electron chi connectivity index (χ4n) is 4.51. The van der Waals surface area contributed by atoms with Crippen LogP contribution in [0.4, 0.5) is 17.1 Å². The molecule has 1 atom stereocenters. The topological polar surface area (TPSA) is 28.1 Å². The second kappa shape index (κ2) is 6.01. The molecule has 0 amide bonds. The van der Waals surface area contributed by atoms with Gasteiger partial charge in [0.2, 0.25) is 5.72 Å². The molecule has 0 saturated carbocycles. The van der Waals surface area contributed by atoms with E-state index in [4.69, 9.17) is 9.73 Å². The van der Waals surface area contributed by atoms with Gasteiger partial charge < -0.3 is 14.5 Å². The number of aryl methyl sites for hydroxylation is 1. The number of anilines is 2. The van der Waals surface area contributed by atoms with Gasteiger partial charge in [-0.2, -0.15) is 0 Å². The van der Waals surface area contributed by atoms with Crippen LogP contribution in [-0.2, 0) is 5.41 Å². The number of hydrogen-bond acceptors (Lipinski definition) is 4. The summed E-state index contributed by atoms with van der Waals surface area (Å²) < 4.78 is 6.76. The average molecular weight is 364 g/mol. The minimum atomic E-state index is -0.627. The lowest BCUT2D eigenvalue weighted by molar-refractivity contribution is 0.0825. The zero-order chi connectivity index (χ0) is 19.4. The van der Waals surface area contributed by atoms with E-state index in [1.54, 1.807) is 0 Å². The lowest BCUT2D eigenvalue weighted by atomic mass is 9.77. The van der Waals surface area contributed by atoms with Gasteiger partial charge in [0.1, 0.15) is 5.69 Å². The Labute approximate surface area is 162 Å². The first-order valence-corrected chi connectivity index (χ1v) is 9.82. The first-order valence-electron chi connectivity index (χ1n) is 9.82. The maximum Gasteiger partial charge on any atom is 0.228 e. The third kappa shape index (κ3) is 2.39. The highest BCUT2D eigenvalue weighted by Crippen LogP contribution is 2.53. The van der Waals surface area contributed by atoms with Gasteiger partial charge in [0, 0.05) is 37.6 Å². The predicted octanol–water partition coefficient (Wildman–Crippen LogP) is 5.06. The summed E-state index contributed by atoms with van der Waals surface area (Å²) in [5.74, 6) is 0.853. The van der Waals surface area contributed by atoms with Gasteiger partial charge in [0.15, 0.2) is 5.75 Å². The van der Waals surface area contributed by atoms with Crippen molar-refractivity contribution in [1.82, 2.24) is 0 Å². The fourth-order valence-corrected chi connectivity index (χ4v) is 4.51. The summed E-state index contributed by atoms with van der Waals surface area (Å²) in [4.78, 5) is 9.39.